The number of amides is 1. The minimum Gasteiger partial charge on any atom is -0.349 e. The van der Waals surface area contributed by atoms with Crippen LogP contribution in [0.3, 0.4) is 0 Å². The lowest BCUT2D eigenvalue weighted by molar-refractivity contribution is -0.125. The summed E-state index contributed by atoms with van der Waals surface area (Å²) in [5, 5.41) is 6.47. The van der Waals surface area contributed by atoms with E-state index in [9.17, 15) is 9.18 Å². The van der Waals surface area contributed by atoms with Crippen molar-refractivity contribution in [2.45, 2.75) is 38.1 Å². The monoisotopic (exact) mass is 326 g/mol. The molecule has 0 spiro atoms. The number of halogens is 2. The molecule has 2 N–H and O–H groups in total. The van der Waals surface area contributed by atoms with Crippen molar-refractivity contribution in [3.05, 3.63) is 35.6 Å². The number of carbonyl (C=O) groups is 1. The first kappa shape index (κ1) is 17.2. The molecule has 1 heterocycles. The highest BCUT2D eigenvalue weighted by molar-refractivity contribution is 5.85. The van der Waals surface area contributed by atoms with Gasteiger partial charge >= 0.3 is 0 Å². The molecular formula is C17H24ClFN2O. The summed E-state index contributed by atoms with van der Waals surface area (Å²) in [6, 6.07) is 6.62. The zero-order valence-electron chi connectivity index (χ0n) is 12.7. The highest BCUT2D eigenvalue weighted by atomic mass is 35.5. The molecule has 122 valence electrons. The van der Waals surface area contributed by atoms with Gasteiger partial charge in [0.2, 0.25) is 5.91 Å². The van der Waals surface area contributed by atoms with Gasteiger partial charge in [0.1, 0.15) is 5.82 Å². The molecule has 1 aliphatic carbocycles. The molecule has 2 unspecified atom stereocenters. The third-order valence-electron chi connectivity index (χ3n) is 4.83. The first-order valence-electron chi connectivity index (χ1n) is 8.00. The fourth-order valence-corrected chi connectivity index (χ4v) is 3.58. The molecule has 0 aromatic heterocycles. The van der Waals surface area contributed by atoms with Crippen molar-refractivity contribution in [2.24, 2.45) is 11.8 Å². The first-order valence-corrected chi connectivity index (χ1v) is 8.00. The molecule has 2 fully saturated rings. The maximum Gasteiger partial charge on any atom is 0.224 e. The quantitative estimate of drug-likeness (QED) is 0.892. The van der Waals surface area contributed by atoms with Crippen LogP contribution >= 0.6 is 12.4 Å². The van der Waals surface area contributed by atoms with Crippen LogP contribution in [0.4, 0.5) is 4.39 Å². The van der Waals surface area contributed by atoms with Crippen LogP contribution in [-0.2, 0) is 4.79 Å². The van der Waals surface area contributed by atoms with Crippen LogP contribution in [0.25, 0.3) is 0 Å². The van der Waals surface area contributed by atoms with Crippen molar-refractivity contribution in [3.63, 3.8) is 0 Å². The van der Waals surface area contributed by atoms with Crippen LogP contribution < -0.4 is 10.6 Å². The molecule has 3 rings (SSSR count). The van der Waals surface area contributed by atoms with Crippen molar-refractivity contribution in [2.75, 3.05) is 13.1 Å². The fraction of sp³-hybridized carbons (Fsp3) is 0.588. The van der Waals surface area contributed by atoms with E-state index in [1.54, 1.807) is 0 Å². The molecule has 0 radical (unpaired) electrons. The van der Waals surface area contributed by atoms with E-state index in [0.717, 1.165) is 37.9 Å². The Morgan fingerprint density at radius 1 is 1.18 bits per heavy atom. The van der Waals surface area contributed by atoms with Crippen molar-refractivity contribution in [1.29, 1.82) is 0 Å². The SMILES string of the molecule is Cl.O=C(NC(c1ccc(F)cc1)C1CCCC1)C1CCNC1. The van der Waals surface area contributed by atoms with E-state index >= 15 is 0 Å². The van der Waals surface area contributed by atoms with Crippen molar-refractivity contribution < 1.29 is 9.18 Å². The van der Waals surface area contributed by atoms with E-state index < -0.39 is 0 Å². The number of rotatable bonds is 4. The van der Waals surface area contributed by atoms with E-state index in [0.29, 0.717) is 5.92 Å². The van der Waals surface area contributed by atoms with Gasteiger partial charge in [0.15, 0.2) is 0 Å². The average Bonchev–Trinajstić information content (AvgIpc) is 3.19. The zero-order valence-corrected chi connectivity index (χ0v) is 13.5. The third-order valence-corrected chi connectivity index (χ3v) is 4.83. The second-order valence-corrected chi connectivity index (χ2v) is 6.27. The molecule has 1 aliphatic heterocycles. The van der Waals surface area contributed by atoms with E-state index in [1.165, 1.54) is 25.0 Å². The molecule has 1 aromatic rings. The van der Waals surface area contributed by atoms with Crippen LogP contribution in [0.1, 0.15) is 43.7 Å². The Kier molecular flexibility index (Phi) is 6.21. The van der Waals surface area contributed by atoms with E-state index in [-0.39, 0.29) is 36.1 Å². The maximum absolute atomic E-state index is 13.1. The van der Waals surface area contributed by atoms with Crippen LogP contribution in [0.15, 0.2) is 24.3 Å². The lowest BCUT2D eigenvalue weighted by Gasteiger charge is -2.26. The van der Waals surface area contributed by atoms with Gasteiger partial charge in [-0.05, 0) is 49.4 Å². The number of nitrogens with one attached hydrogen (secondary N) is 2. The molecule has 1 saturated heterocycles. The van der Waals surface area contributed by atoms with Gasteiger partial charge in [-0.2, -0.15) is 0 Å². The molecular weight excluding hydrogens is 303 g/mol. The topological polar surface area (TPSA) is 41.1 Å². The van der Waals surface area contributed by atoms with Gasteiger partial charge in [0, 0.05) is 6.54 Å². The van der Waals surface area contributed by atoms with Gasteiger partial charge in [-0.25, -0.2) is 4.39 Å². The van der Waals surface area contributed by atoms with E-state index in [2.05, 4.69) is 10.6 Å². The zero-order chi connectivity index (χ0) is 14.7. The van der Waals surface area contributed by atoms with Gasteiger partial charge in [0.25, 0.3) is 0 Å². The molecule has 1 saturated carbocycles. The summed E-state index contributed by atoms with van der Waals surface area (Å²) >= 11 is 0. The summed E-state index contributed by atoms with van der Waals surface area (Å²) in [6.07, 6.45) is 5.65. The van der Waals surface area contributed by atoms with Crippen LogP contribution in [0.2, 0.25) is 0 Å². The molecule has 22 heavy (non-hydrogen) atoms. The van der Waals surface area contributed by atoms with Gasteiger partial charge < -0.3 is 10.6 Å². The summed E-state index contributed by atoms with van der Waals surface area (Å²) in [5.41, 5.74) is 1.03. The van der Waals surface area contributed by atoms with Gasteiger partial charge in [-0.1, -0.05) is 25.0 Å². The maximum atomic E-state index is 13.1. The van der Waals surface area contributed by atoms with Crippen LogP contribution in [0, 0.1) is 17.7 Å². The second-order valence-electron chi connectivity index (χ2n) is 6.27. The summed E-state index contributed by atoms with van der Waals surface area (Å²) < 4.78 is 13.1. The smallest absolute Gasteiger partial charge is 0.224 e. The molecule has 1 amide bonds. The predicted molar refractivity (Wildman–Crippen MR) is 87.5 cm³/mol. The van der Waals surface area contributed by atoms with E-state index in [4.69, 9.17) is 0 Å². The lowest BCUT2D eigenvalue weighted by atomic mass is 9.91. The summed E-state index contributed by atoms with van der Waals surface area (Å²) in [5.74, 6) is 0.472. The first-order chi connectivity index (χ1) is 10.2. The van der Waals surface area contributed by atoms with Gasteiger partial charge in [0.05, 0.1) is 12.0 Å². The highest BCUT2D eigenvalue weighted by Gasteiger charge is 2.30. The molecule has 0 bridgehead atoms. The van der Waals surface area contributed by atoms with Crippen LogP contribution in [0.5, 0.6) is 0 Å². The summed E-state index contributed by atoms with van der Waals surface area (Å²) in [4.78, 5) is 12.4. The number of benzene rings is 1. The lowest BCUT2D eigenvalue weighted by Crippen LogP contribution is -2.37. The van der Waals surface area contributed by atoms with Gasteiger partial charge in [-0.15, -0.1) is 12.4 Å². The van der Waals surface area contributed by atoms with Crippen molar-refractivity contribution in [3.8, 4) is 0 Å². The normalized spacial score (nSPS) is 23.0. The highest BCUT2D eigenvalue weighted by Crippen LogP contribution is 2.36. The largest absolute Gasteiger partial charge is 0.349 e. The Bertz CT molecular complexity index is 482. The Hall–Kier alpha value is -1.13. The number of hydrogen-bond donors (Lipinski definition) is 2. The standard InChI is InChI=1S/C17H23FN2O.ClH/c18-15-7-5-13(6-8-15)16(12-3-1-2-4-12)20-17(21)14-9-10-19-11-14;/h5-8,12,14,16,19H,1-4,9-11H2,(H,20,21);1H. The van der Waals surface area contributed by atoms with E-state index in [1.807, 2.05) is 12.1 Å². The fourth-order valence-electron chi connectivity index (χ4n) is 3.58. The Morgan fingerprint density at radius 3 is 2.45 bits per heavy atom. The minimum atomic E-state index is -0.227. The summed E-state index contributed by atoms with van der Waals surface area (Å²) in [6.45, 7) is 1.69. The molecule has 5 heteroatoms. The predicted octanol–water partition coefficient (Wildman–Crippen LogP) is 3.20. The number of carbonyl (C=O) groups excluding carboxylic acids is 1. The average molecular weight is 327 g/mol. The minimum absolute atomic E-state index is 0. The summed E-state index contributed by atoms with van der Waals surface area (Å²) in [7, 11) is 0. The molecule has 2 aliphatic rings. The second kappa shape index (κ2) is 7.93. The molecule has 1 aromatic carbocycles. The van der Waals surface area contributed by atoms with Crippen LogP contribution in [-0.4, -0.2) is 19.0 Å². The Morgan fingerprint density at radius 2 is 1.86 bits per heavy atom. The van der Waals surface area contributed by atoms with Gasteiger partial charge in [-0.3, -0.25) is 4.79 Å². The third kappa shape index (κ3) is 3.99. The Labute approximate surface area is 137 Å². The van der Waals surface area contributed by atoms with Crippen molar-refractivity contribution >= 4 is 18.3 Å². The van der Waals surface area contributed by atoms with Crippen molar-refractivity contribution in [1.82, 2.24) is 10.6 Å². The number of hydrogen-bond acceptors (Lipinski definition) is 2. The molecule has 3 nitrogen and oxygen atoms in total. The molecule has 2 atom stereocenters. The Balaban J connectivity index is 0.00000176.